The molecule has 0 radical (unpaired) electrons. The first-order valence-corrected chi connectivity index (χ1v) is 6.63. The molecule has 0 spiro atoms. The molecular formula is C13H21N3O2. The lowest BCUT2D eigenvalue weighted by Gasteiger charge is -2.23. The van der Waals surface area contributed by atoms with Crippen LogP contribution < -0.4 is 5.32 Å². The molecule has 1 heterocycles. The second-order valence-corrected chi connectivity index (χ2v) is 4.86. The number of nitrogens with one attached hydrogen (secondary N) is 1. The van der Waals surface area contributed by atoms with Gasteiger partial charge in [0.15, 0.2) is 0 Å². The molecular weight excluding hydrogens is 230 g/mol. The van der Waals surface area contributed by atoms with Crippen molar-refractivity contribution in [2.75, 3.05) is 6.61 Å². The van der Waals surface area contributed by atoms with Crippen molar-refractivity contribution in [3.8, 4) is 0 Å². The average molecular weight is 251 g/mol. The van der Waals surface area contributed by atoms with Gasteiger partial charge < -0.3 is 10.4 Å². The van der Waals surface area contributed by atoms with Crippen molar-refractivity contribution in [2.45, 2.75) is 44.6 Å². The Kier molecular flexibility index (Phi) is 4.36. The van der Waals surface area contributed by atoms with Crippen LogP contribution >= 0.6 is 0 Å². The van der Waals surface area contributed by atoms with Gasteiger partial charge in [0.05, 0.1) is 12.2 Å². The minimum atomic E-state index is 0.0742. The van der Waals surface area contributed by atoms with Crippen molar-refractivity contribution in [3.63, 3.8) is 0 Å². The lowest BCUT2D eigenvalue weighted by atomic mass is 9.93. The summed E-state index contributed by atoms with van der Waals surface area (Å²) in [6, 6.07) is 0.115. The average Bonchev–Trinajstić information content (AvgIpc) is 2.73. The van der Waals surface area contributed by atoms with E-state index >= 15 is 0 Å². The lowest BCUT2D eigenvalue weighted by Crippen LogP contribution is -2.30. The Morgan fingerprint density at radius 1 is 1.61 bits per heavy atom. The number of aromatic nitrogens is 2. The van der Waals surface area contributed by atoms with E-state index in [2.05, 4.69) is 10.4 Å². The summed E-state index contributed by atoms with van der Waals surface area (Å²) in [5.41, 5.74) is 2.40. The molecule has 2 rings (SSSR count). The normalized spacial score (nSPS) is 18.4. The van der Waals surface area contributed by atoms with Crippen molar-refractivity contribution in [3.05, 3.63) is 17.5 Å². The molecule has 1 amide bonds. The molecule has 2 N–H and O–H groups in total. The number of aliphatic hydroxyl groups is 1. The molecule has 5 nitrogen and oxygen atoms in total. The van der Waals surface area contributed by atoms with Gasteiger partial charge in [-0.2, -0.15) is 5.10 Å². The van der Waals surface area contributed by atoms with Crippen molar-refractivity contribution >= 4 is 5.91 Å². The molecule has 1 atom stereocenters. The summed E-state index contributed by atoms with van der Waals surface area (Å²) in [7, 11) is 1.95. The van der Waals surface area contributed by atoms with E-state index in [-0.39, 0.29) is 18.6 Å². The molecule has 1 aromatic rings. The number of rotatable bonds is 5. The zero-order chi connectivity index (χ0) is 13.0. The van der Waals surface area contributed by atoms with E-state index in [1.165, 1.54) is 11.3 Å². The third-order valence-electron chi connectivity index (χ3n) is 3.52. The molecule has 1 aliphatic rings. The molecule has 0 aromatic carbocycles. The first-order chi connectivity index (χ1) is 8.72. The quantitative estimate of drug-likeness (QED) is 0.769. The Bertz CT molecular complexity index is 414. The van der Waals surface area contributed by atoms with Crippen LogP contribution in [0.3, 0.4) is 0 Å². The molecule has 1 aliphatic carbocycles. The van der Waals surface area contributed by atoms with Gasteiger partial charge in [-0.25, -0.2) is 0 Å². The summed E-state index contributed by atoms with van der Waals surface area (Å²) in [6.45, 7) is 0.156. The summed E-state index contributed by atoms with van der Waals surface area (Å²) in [5.74, 6) is 0.0742. The fourth-order valence-electron chi connectivity index (χ4n) is 2.52. The number of amides is 1. The van der Waals surface area contributed by atoms with Crippen LogP contribution in [0.25, 0.3) is 0 Å². The second kappa shape index (κ2) is 6.00. The standard InChI is InChI=1S/C13H21N3O2/c1-16-12-6-4-5-11(10(12)9-14-16)15-13(18)7-2-3-8-17/h9,11,17H,2-8H2,1H3,(H,15,18). The van der Waals surface area contributed by atoms with Gasteiger partial charge in [-0.3, -0.25) is 9.48 Å². The van der Waals surface area contributed by atoms with Crippen molar-refractivity contribution in [1.29, 1.82) is 0 Å². The van der Waals surface area contributed by atoms with Gasteiger partial charge in [-0.1, -0.05) is 0 Å². The highest BCUT2D eigenvalue weighted by atomic mass is 16.3. The number of fused-ring (bicyclic) bond motifs is 1. The first kappa shape index (κ1) is 13.1. The Morgan fingerprint density at radius 3 is 3.22 bits per heavy atom. The zero-order valence-corrected chi connectivity index (χ0v) is 10.9. The van der Waals surface area contributed by atoms with Crippen molar-refractivity contribution in [2.24, 2.45) is 7.05 Å². The fraction of sp³-hybridized carbons (Fsp3) is 0.692. The van der Waals surface area contributed by atoms with Gasteiger partial charge in [0.2, 0.25) is 5.91 Å². The Balaban J connectivity index is 1.92. The maximum Gasteiger partial charge on any atom is 0.220 e. The molecule has 100 valence electrons. The van der Waals surface area contributed by atoms with Gasteiger partial charge >= 0.3 is 0 Å². The fourth-order valence-corrected chi connectivity index (χ4v) is 2.52. The van der Waals surface area contributed by atoms with E-state index in [4.69, 9.17) is 5.11 Å². The van der Waals surface area contributed by atoms with Gasteiger partial charge in [0.25, 0.3) is 0 Å². The topological polar surface area (TPSA) is 67.2 Å². The number of aryl methyl sites for hydroxylation is 1. The van der Waals surface area contributed by atoms with Crippen LogP contribution in [0.15, 0.2) is 6.20 Å². The van der Waals surface area contributed by atoms with E-state index in [0.29, 0.717) is 12.8 Å². The molecule has 18 heavy (non-hydrogen) atoms. The maximum atomic E-state index is 11.8. The SMILES string of the molecule is Cn1ncc2c1CCCC2NC(=O)CCCCO. The molecule has 5 heteroatoms. The Hall–Kier alpha value is -1.36. The van der Waals surface area contributed by atoms with E-state index in [9.17, 15) is 4.79 Å². The van der Waals surface area contributed by atoms with Crippen LogP contribution in [0.5, 0.6) is 0 Å². The monoisotopic (exact) mass is 251 g/mol. The van der Waals surface area contributed by atoms with Gasteiger partial charge in [-0.05, 0) is 32.1 Å². The number of carbonyl (C=O) groups excluding carboxylic acids is 1. The highest BCUT2D eigenvalue weighted by molar-refractivity contribution is 5.76. The molecule has 0 bridgehead atoms. The predicted octanol–water partition coefficient (Wildman–Crippen LogP) is 1.08. The zero-order valence-electron chi connectivity index (χ0n) is 10.9. The minimum absolute atomic E-state index is 0.0742. The number of carbonyl (C=O) groups is 1. The Morgan fingerprint density at radius 2 is 2.44 bits per heavy atom. The largest absolute Gasteiger partial charge is 0.396 e. The number of hydrogen-bond acceptors (Lipinski definition) is 3. The van der Waals surface area contributed by atoms with E-state index in [1.807, 2.05) is 17.9 Å². The van der Waals surface area contributed by atoms with Crippen LogP contribution in [-0.2, 0) is 18.3 Å². The molecule has 1 unspecified atom stereocenters. The van der Waals surface area contributed by atoms with Crippen LogP contribution in [0.4, 0.5) is 0 Å². The highest BCUT2D eigenvalue weighted by Crippen LogP contribution is 2.29. The first-order valence-electron chi connectivity index (χ1n) is 6.63. The highest BCUT2D eigenvalue weighted by Gasteiger charge is 2.24. The molecule has 1 aromatic heterocycles. The summed E-state index contributed by atoms with van der Waals surface area (Å²) in [5, 5.41) is 16.0. The summed E-state index contributed by atoms with van der Waals surface area (Å²) in [4.78, 5) is 11.8. The summed E-state index contributed by atoms with van der Waals surface area (Å²) < 4.78 is 1.90. The van der Waals surface area contributed by atoms with E-state index < -0.39 is 0 Å². The summed E-state index contributed by atoms with van der Waals surface area (Å²) >= 11 is 0. The smallest absolute Gasteiger partial charge is 0.220 e. The van der Waals surface area contributed by atoms with Gasteiger partial charge in [0, 0.05) is 31.3 Å². The van der Waals surface area contributed by atoms with Gasteiger partial charge in [-0.15, -0.1) is 0 Å². The number of hydrogen-bond donors (Lipinski definition) is 2. The number of unbranched alkanes of at least 4 members (excludes halogenated alkanes) is 1. The molecule has 0 saturated heterocycles. The van der Waals surface area contributed by atoms with Gasteiger partial charge in [0.1, 0.15) is 0 Å². The Labute approximate surface area is 107 Å². The van der Waals surface area contributed by atoms with Crippen LogP contribution in [0, 0.1) is 0 Å². The molecule has 0 aliphatic heterocycles. The minimum Gasteiger partial charge on any atom is -0.396 e. The molecule has 0 fully saturated rings. The second-order valence-electron chi connectivity index (χ2n) is 4.86. The molecule has 0 saturated carbocycles. The van der Waals surface area contributed by atoms with Crippen LogP contribution in [0.1, 0.15) is 49.4 Å². The number of aliphatic hydroxyl groups excluding tert-OH is 1. The predicted molar refractivity (Wildman–Crippen MR) is 68.0 cm³/mol. The van der Waals surface area contributed by atoms with Crippen LogP contribution in [0.2, 0.25) is 0 Å². The van der Waals surface area contributed by atoms with E-state index in [0.717, 1.165) is 25.7 Å². The third kappa shape index (κ3) is 2.90. The van der Waals surface area contributed by atoms with Crippen molar-refractivity contribution in [1.82, 2.24) is 15.1 Å². The maximum absolute atomic E-state index is 11.8. The van der Waals surface area contributed by atoms with Crippen molar-refractivity contribution < 1.29 is 9.90 Å². The number of nitrogens with zero attached hydrogens (tertiary/aromatic N) is 2. The lowest BCUT2D eigenvalue weighted by molar-refractivity contribution is -0.122. The summed E-state index contributed by atoms with van der Waals surface area (Å²) in [6.07, 6.45) is 6.92. The van der Waals surface area contributed by atoms with Crippen LogP contribution in [-0.4, -0.2) is 27.4 Å². The third-order valence-corrected chi connectivity index (χ3v) is 3.52. The van der Waals surface area contributed by atoms with E-state index in [1.54, 1.807) is 0 Å².